The van der Waals surface area contributed by atoms with Crippen LogP contribution < -0.4 is 5.30 Å². The van der Waals surface area contributed by atoms with Crippen molar-refractivity contribution in [3.8, 4) is 0 Å². The van der Waals surface area contributed by atoms with E-state index in [0.29, 0.717) is 6.16 Å². The highest BCUT2D eigenvalue weighted by Crippen LogP contribution is 2.56. The molecule has 0 spiro atoms. The number of rotatable bonds is 4. The summed E-state index contributed by atoms with van der Waals surface area (Å²) in [6.45, 7) is 0. The fraction of sp³-hybridized carbons (Fsp3) is 0.263. The predicted octanol–water partition coefficient (Wildman–Crippen LogP) is 4.12. The van der Waals surface area contributed by atoms with E-state index in [2.05, 4.69) is 12.2 Å². The Labute approximate surface area is 137 Å². The molecule has 1 saturated heterocycles. The average Bonchev–Trinajstić information content (AvgIpc) is 2.64. The van der Waals surface area contributed by atoms with Gasteiger partial charge in [-0.1, -0.05) is 72.8 Å². The first-order valence-corrected chi connectivity index (χ1v) is 9.94. The molecular weight excluding hydrogens is 305 g/mol. The summed E-state index contributed by atoms with van der Waals surface area (Å²) in [5.41, 5.74) is 1.08. The van der Waals surface area contributed by atoms with Crippen LogP contribution in [0.4, 0.5) is 0 Å². The van der Waals surface area contributed by atoms with Crippen molar-refractivity contribution < 1.29 is 9.40 Å². The molecule has 0 N–H and O–H groups in total. The molecule has 1 fully saturated rings. The van der Waals surface area contributed by atoms with Gasteiger partial charge in [-0.15, -0.1) is 4.83 Å². The van der Waals surface area contributed by atoms with E-state index in [1.165, 1.54) is 0 Å². The van der Waals surface area contributed by atoms with Gasteiger partial charge in [0.25, 0.3) is 0 Å². The molecular formula is C19H20NO2P. The number of hydroxylamine groups is 1. The Morgan fingerprint density at radius 3 is 2.22 bits per heavy atom. The van der Waals surface area contributed by atoms with Gasteiger partial charge in [0.05, 0.1) is 12.1 Å². The highest BCUT2D eigenvalue weighted by molar-refractivity contribution is 7.68. The number of hydrogen-bond acceptors (Lipinski definition) is 2. The van der Waals surface area contributed by atoms with Crippen LogP contribution in [-0.4, -0.2) is 17.0 Å². The predicted molar refractivity (Wildman–Crippen MR) is 92.7 cm³/mol. The van der Waals surface area contributed by atoms with Crippen molar-refractivity contribution in [3.63, 3.8) is 0 Å². The Hall–Kier alpha value is -1.67. The zero-order valence-corrected chi connectivity index (χ0v) is 13.8. The molecule has 2 aromatic carbocycles. The van der Waals surface area contributed by atoms with Crippen LogP contribution in [0.3, 0.4) is 0 Å². The smallest absolute Gasteiger partial charge is 0.205 e. The molecule has 0 saturated carbocycles. The highest BCUT2D eigenvalue weighted by atomic mass is 31.2. The number of fused-ring (bicyclic) bond motifs is 2. The second-order valence-electron chi connectivity index (χ2n) is 6.16. The van der Waals surface area contributed by atoms with Gasteiger partial charge in [-0.05, 0) is 18.4 Å². The molecule has 2 heterocycles. The van der Waals surface area contributed by atoms with E-state index < -0.39 is 7.29 Å². The van der Waals surface area contributed by atoms with E-state index in [1.54, 1.807) is 0 Å². The summed E-state index contributed by atoms with van der Waals surface area (Å²) in [6.07, 6.45) is 6.83. The van der Waals surface area contributed by atoms with Crippen LogP contribution in [0.1, 0.15) is 18.4 Å². The minimum Gasteiger partial charge on any atom is -0.299 e. The standard InChI is InChI=1S/C19H20NO2P/c21-23(19-9-5-2-6-10-19,15-16-7-3-1-4-8-16)20-17-11-13-18(22-20)14-12-17/h1-11,13,17-18H,12,14-15H2. The third-order valence-corrected chi connectivity index (χ3v) is 7.47. The topological polar surface area (TPSA) is 29.5 Å². The Balaban J connectivity index is 1.75. The van der Waals surface area contributed by atoms with Gasteiger partial charge in [-0.25, -0.2) is 0 Å². The maximum Gasteiger partial charge on any atom is 0.205 e. The van der Waals surface area contributed by atoms with E-state index in [1.807, 2.05) is 65.5 Å². The van der Waals surface area contributed by atoms with Crippen molar-refractivity contribution in [2.45, 2.75) is 31.1 Å². The molecule has 5 rings (SSSR count). The Bertz CT molecular complexity index is 744. The Kier molecular flexibility index (Phi) is 3.94. The van der Waals surface area contributed by atoms with Gasteiger partial charge in [0.2, 0.25) is 7.29 Å². The maximum absolute atomic E-state index is 14.1. The first-order chi connectivity index (χ1) is 11.3. The SMILES string of the molecule is O=P(Cc1ccccc1)(c1ccccc1)N1OC2C=CC1CC2. The van der Waals surface area contributed by atoms with E-state index in [9.17, 15) is 4.57 Å². The molecule has 2 aromatic rings. The third kappa shape index (κ3) is 2.81. The van der Waals surface area contributed by atoms with Crippen LogP contribution in [0.5, 0.6) is 0 Å². The van der Waals surface area contributed by atoms with E-state index >= 15 is 0 Å². The number of hydrogen-bond donors (Lipinski definition) is 0. The first kappa shape index (κ1) is 14.9. The summed E-state index contributed by atoms with van der Waals surface area (Å²) in [5.74, 6) is 0. The van der Waals surface area contributed by atoms with Crippen molar-refractivity contribution in [2.24, 2.45) is 0 Å². The van der Waals surface area contributed by atoms with Crippen LogP contribution in [0.15, 0.2) is 72.8 Å². The number of benzene rings is 2. The molecule has 0 amide bonds. The lowest BCUT2D eigenvalue weighted by Crippen LogP contribution is -2.45. The Morgan fingerprint density at radius 1 is 0.957 bits per heavy atom. The van der Waals surface area contributed by atoms with Gasteiger partial charge in [0, 0.05) is 11.5 Å². The minimum absolute atomic E-state index is 0.0628. The molecule has 4 heteroatoms. The largest absolute Gasteiger partial charge is 0.299 e. The third-order valence-electron chi connectivity index (χ3n) is 4.54. The van der Waals surface area contributed by atoms with Gasteiger partial charge >= 0.3 is 0 Å². The molecule has 118 valence electrons. The van der Waals surface area contributed by atoms with Crippen molar-refractivity contribution in [3.05, 3.63) is 78.4 Å². The molecule has 3 unspecified atom stereocenters. The van der Waals surface area contributed by atoms with Crippen LogP contribution >= 0.6 is 7.29 Å². The van der Waals surface area contributed by atoms with Gasteiger partial charge in [-0.3, -0.25) is 9.40 Å². The molecule has 3 atom stereocenters. The molecule has 23 heavy (non-hydrogen) atoms. The highest BCUT2D eigenvalue weighted by Gasteiger charge is 2.43. The normalized spacial score (nSPS) is 26.1. The molecule has 2 bridgehead atoms. The zero-order chi connectivity index (χ0) is 15.7. The fourth-order valence-electron chi connectivity index (χ4n) is 3.35. The minimum atomic E-state index is -2.85. The van der Waals surface area contributed by atoms with Crippen molar-refractivity contribution in [1.29, 1.82) is 0 Å². The molecule has 3 nitrogen and oxygen atoms in total. The first-order valence-electron chi connectivity index (χ1n) is 8.09. The molecule has 0 radical (unpaired) electrons. The maximum atomic E-state index is 14.1. The summed E-state index contributed by atoms with van der Waals surface area (Å²) in [4.78, 5) is 7.87. The molecule has 2 aliphatic heterocycles. The van der Waals surface area contributed by atoms with Crippen molar-refractivity contribution >= 4 is 12.6 Å². The summed E-state index contributed by atoms with van der Waals surface area (Å²) in [6, 6.07) is 19.9. The molecule has 3 aliphatic rings. The lowest BCUT2D eigenvalue weighted by atomic mass is 10.00. The van der Waals surface area contributed by atoms with Crippen molar-refractivity contribution in [1.82, 2.24) is 4.83 Å². The van der Waals surface area contributed by atoms with E-state index in [-0.39, 0.29) is 12.1 Å². The van der Waals surface area contributed by atoms with Crippen LogP contribution in [0.25, 0.3) is 0 Å². The average molecular weight is 325 g/mol. The van der Waals surface area contributed by atoms with Crippen LogP contribution in [-0.2, 0) is 15.6 Å². The zero-order valence-electron chi connectivity index (χ0n) is 12.9. The molecule has 0 aromatic heterocycles. The summed E-state index contributed by atoms with van der Waals surface area (Å²) < 4.78 is 14.1. The fourth-order valence-corrected chi connectivity index (χ4v) is 6.19. The lowest BCUT2D eigenvalue weighted by molar-refractivity contribution is -0.170. The van der Waals surface area contributed by atoms with Gasteiger partial charge in [-0.2, -0.15) is 0 Å². The Morgan fingerprint density at radius 2 is 1.65 bits per heavy atom. The van der Waals surface area contributed by atoms with Gasteiger partial charge in [0.15, 0.2) is 0 Å². The quantitative estimate of drug-likeness (QED) is 0.625. The van der Waals surface area contributed by atoms with Crippen LogP contribution in [0.2, 0.25) is 0 Å². The lowest BCUT2D eigenvalue weighted by Gasteiger charge is -2.44. The second-order valence-corrected chi connectivity index (χ2v) is 8.79. The summed E-state index contributed by atoms with van der Waals surface area (Å²) in [7, 11) is -2.85. The van der Waals surface area contributed by atoms with Crippen LogP contribution in [0, 0.1) is 0 Å². The van der Waals surface area contributed by atoms with E-state index in [4.69, 9.17) is 4.84 Å². The second kappa shape index (κ2) is 6.09. The van der Waals surface area contributed by atoms with Crippen molar-refractivity contribution in [2.75, 3.05) is 0 Å². The summed E-state index contributed by atoms with van der Waals surface area (Å²) in [5, 5.41) is 0.866. The van der Waals surface area contributed by atoms with Gasteiger partial charge < -0.3 is 0 Å². The molecule has 1 aliphatic carbocycles. The monoisotopic (exact) mass is 325 g/mol. The summed E-state index contributed by atoms with van der Waals surface area (Å²) >= 11 is 0. The van der Waals surface area contributed by atoms with Gasteiger partial charge in [0.1, 0.15) is 0 Å². The number of nitrogens with zero attached hydrogens (tertiary/aromatic N) is 1. The van der Waals surface area contributed by atoms with E-state index in [0.717, 1.165) is 23.7 Å².